The highest BCUT2D eigenvalue weighted by Crippen LogP contribution is 2.40. The lowest BCUT2D eigenvalue weighted by molar-refractivity contribution is -0.0361. The molecule has 9 heteroatoms. The lowest BCUT2D eigenvalue weighted by atomic mass is 9.92. The van der Waals surface area contributed by atoms with E-state index in [-0.39, 0.29) is 23.9 Å². The predicted octanol–water partition coefficient (Wildman–Crippen LogP) is 5.81. The normalized spacial score (nSPS) is 17.9. The van der Waals surface area contributed by atoms with E-state index in [1.54, 1.807) is 0 Å². The van der Waals surface area contributed by atoms with Crippen LogP contribution in [0.15, 0.2) is 11.4 Å². The largest absolute Gasteiger partial charge is 0.432 e. The Morgan fingerprint density at radius 1 is 1.23 bits per heavy atom. The van der Waals surface area contributed by atoms with Crippen LogP contribution in [0.2, 0.25) is 18.1 Å². The third-order valence-electron chi connectivity index (χ3n) is 6.33. The molecule has 0 radical (unpaired) electrons. The summed E-state index contributed by atoms with van der Waals surface area (Å²) in [5.74, 6) is -1.31. The fraction of sp³-hybridized carbons (Fsp3) is 0.667. The minimum Gasteiger partial charge on any atom is -0.432 e. The summed E-state index contributed by atoms with van der Waals surface area (Å²) in [6, 6.07) is 1.85. The standard InChI is InChI=1S/C21H32F2N4OSSi/c1-14-12-17(25-15-7-10-21(22,23)11-8-15)27-18(24-14)19-26-16(13-29-19)6-9-20(2,3)30(4,5)28/h12-13,15,28H,6-11H2,1-5H3,(H,24,25,27). The van der Waals surface area contributed by atoms with E-state index in [1.807, 2.05) is 31.5 Å². The zero-order chi connectivity index (χ0) is 22.2. The summed E-state index contributed by atoms with van der Waals surface area (Å²) in [6.45, 7) is 10.1. The quantitative estimate of drug-likeness (QED) is 0.517. The summed E-state index contributed by atoms with van der Waals surface area (Å²) >= 11 is 1.51. The van der Waals surface area contributed by atoms with Gasteiger partial charge in [0.25, 0.3) is 0 Å². The van der Waals surface area contributed by atoms with Crippen molar-refractivity contribution in [1.29, 1.82) is 0 Å². The topological polar surface area (TPSA) is 70.9 Å². The number of hydrogen-bond acceptors (Lipinski definition) is 6. The van der Waals surface area contributed by atoms with Crippen LogP contribution in [0.1, 0.15) is 57.3 Å². The van der Waals surface area contributed by atoms with Crippen molar-refractivity contribution in [1.82, 2.24) is 15.0 Å². The lowest BCUT2D eigenvalue weighted by Gasteiger charge is -2.34. The molecule has 2 N–H and O–H groups in total. The first-order valence-electron chi connectivity index (χ1n) is 10.5. The molecule has 0 spiro atoms. The van der Waals surface area contributed by atoms with Crippen molar-refractivity contribution >= 4 is 25.5 Å². The SMILES string of the molecule is Cc1cc(NC2CCC(F)(F)CC2)nc(-c2nc(CCC(C)(C)[Si](C)(C)O)cs2)n1. The Bertz CT molecular complexity index is 872. The number of aryl methyl sites for hydroxylation is 2. The van der Waals surface area contributed by atoms with Crippen molar-refractivity contribution in [2.24, 2.45) is 0 Å². The number of halogens is 2. The minimum absolute atomic E-state index is 0.00636. The maximum atomic E-state index is 13.4. The molecule has 0 unspecified atom stereocenters. The molecule has 5 nitrogen and oxygen atoms in total. The van der Waals surface area contributed by atoms with Gasteiger partial charge in [-0.15, -0.1) is 11.3 Å². The van der Waals surface area contributed by atoms with E-state index in [0.29, 0.717) is 24.5 Å². The van der Waals surface area contributed by atoms with Gasteiger partial charge in [-0.05, 0) is 50.7 Å². The number of thiazole rings is 1. The molecule has 0 saturated heterocycles. The monoisotopic (exact) mass is 454 g/mol. The summed E-state index contributed by atoms with van der Waals surface area (Å²) in [5.41, 5.74) is 1.80. The Balaban J connectivity index is 1.68. The fourth-order valence-electron chi connectivity index (χ4n) is 3.40. The van der Waals surface area contributed by atoms with Gasteiger partial charge in [0.15, 0.2) is 19.1 Å². The molecule has 3 rings (SSSR count). The van der Waals surface area contributed by atoms with Gasteiger partial charge in [-0.1, -0.05) is 13.8 Å². The maximum absolute atomic E-state index is 13.4. The van der Waals surface area contributed by atoms with Gasteiger partial charge in [0.05, 0.1) is 5.69 Å². The molecule has 0 atom stereocenters. The Kier molecular flexibility index (Phi) is 6.65. The minimum atomic E-state index is -2.54. The molecular weight excluding hydrogens is 422 g/mol. The van der Waals surface area contributed by atoms with Gasteiger partial charge >= 0.3 is 0 Å². The van der Waals surface area contributed by atoms with Gasteiger partial charge < -0.3 is 10.1 Å². The van der Waals surface area contributed by atoms with E-state index in [2.05, 4.69) is 29.1 Å². The summed E-state index contributed by atoms with van der Waals surface area (Å²) in [4.78, 5) is 24.3. The predicted molar refractivity (Wildman–Crippen MR) is 121 cm³/mol. The molecule has 1 fully saturated rings. The second-order valence-electron chi connectivity index (χ2n) is 9.58. The van der Waals surface area contributed by atoms with Gasteiger partial charge in [-0.3, -0.25) is 0 Å². The first-order valence-corrected chi connectivity index (χ1v) is 14.3. The zero-order valence-corrected chi connectivity index (χ0v) is 20.2. The highest BCUT2D eigenvalue weighted by molar-refractivity contribution is 7.13. The molecule has 1 saturated carbocycles. The van der Waals surface area contributed by atoms with E-state index in [9.17, 15) is 13.6 Å². The summed E-state index contributed by atoms with van der Waals surface area (Å²) in [7, 11) is -2.25. The van der Waals surface area contributed by atoms with Crippen LogP contribution in [0, 0.1) is 6.92 Å². The maximum Gasteiger partial charge on any atom is 0.248 e. The average molecular weight is 455 g/mol. The van der Waals surface area contributed by atoms with Crippen LogP contribution < -0.4 is 5.32 Å². The molecule has 2 aromatic rings. The smallest absolute Gasteiger partial charge is 0.248 e. The number of anilines is 1. The molecular formula is C21H32F2N4OSSi. The number of alkyl halides is 2. The summed E-state index contributed by atoms with van der Waals surface area (Å²) in [5, 5.41) is 6.00. The second kappa shape index (κ2) is 8.59. The first kappa shape index (κ1) is 23.2. The van der Waals surface area contributed by atoms with Crippen molar-refractivity contribution in [2.75, 3.05) is 5.32 Å². The molecule has 0 amide bonds. The van der Waals surface area contributed by atoms with Crippen LogP contribution >= 0.6 is 11.3 Å². The van der Waals surface area contributed by atoms with Gasteiger partial charge in [-0.2, -0.15) is 0 Å². The highest BCUT2D eigenvalue weighted by Gasteiger charge is 2.37. The van der Waals surface area contributed by atoms with Crippen molar-refractivity contribution in [3.05, 3.63) is 22.8 Å². The Morgan fingerprint density at radius 2 is 1.90 bits per heavy atom. The lowest BCUT2D eigenvalue weighted by Crippen LogP contribution is -2.39. The van der Waals surface area contributed by atoms with Crippen LogP contribution in [-0.2, 0) is 6.42 Å². The van der Waals surface area contributed by atoms with Crippen LogP contribution in [0.4, 0.5) is 14.6 Å². The van der Waals surface area contributed by atoms with Crippen LogP contribution in [0.25, 0.3) is 10.8 Å². The van der Waals surface area contributed by atoms with E-state index in [0.717, 1.165) is 29.2 Å². The molecule has 2 heterocycles. The van der Waals surface area contributed by atoms with Crippen LogP contribution in [-0.4, -0.2) is 40.0 Å². The van der Waals surface area contributed by atoms with Gasteiger partial charge in [0.1, 0.15) is 5.82 Å². The van der Waals surface area contributed by atoms with Gasteiger partial charge in [0.2, 0.25) is 5.92 Å². The Morgan fingerprint density at radius 3 is 2.53 bits per heavy atom. The summed E-state index contributed by atoms with van der Waals surface area (Å²) < 4.78 is 26.8. The van der Waals surface area contributed by atoms with E-state index < -0.39 is 14.2 Å². The van der Waals surface area contributed by atoms with E-state index in [1.165, 1.54) is 11.3 Å². The molecule has 2 aromatic heterocycles. The number of hydrogen-bond donors (Lipinski definition) is 2. The molecule has 1 aliphatic carbocycles. The summed E-state index contributed by atoms with van der Waals surface area (Å²) in [6.07, 6.45) is 2.39. The Hall–Kier alpha value is -1.45. The third-order valence-corrected chi connectivity index (χ3v) is 10.8. The molecule has 0 bridgehead atoms. The van der Waals surface area contributed by atoms with Crippen LogP contribution in [0.5, 0.6) is 0 Å². The molecule has 0 aromatic carbocycles. The van der Waals surface area contributed by atoms with Gasteiger partial charge in [0, 0.05) is 36.0 Å². The molecule has 0 aliphatic heterocycles. The number of aromatic nitrogens is 3. The van der Waals surface area contributed by atoms with Crippen molar-refractivity contribution in [2.45, 2.75) is 89.4 Å². The van der Waals surface area contributed by atoms with Gasteiger partial charge in [-0.25, -0.2) is 23.7 Å². The highest BCUT2D eigenvalue weighted by atomic mass is 32.1. The van der Waals surface area contributed by atoms with E-state index in [4.69, 9.17) is 4.98 Å². The van der Waals surface area contributed by atoms with Crippen molar-refractivity contribution in [3.8, 4) is 10.8 Å². The molecule has 166 valence electrons. The Labute approximate surface area is 182 Å². The van der Waals surface area contributed by atoms with E-state index >= 15 is 0 Å². The fourth-order valence-corrected chi connectivity index (χ4v) is 4.92. The molecule has 1 aliphatic rings. The third kappa shape index (κ3) is 5.82. The number of nitrogens with zero attached hydrogens (tertiary/aromatic N) is 3. The average Bonchev–Trinajstić information content (AvgIpc) is 3.10. The van der Waals surface area contributed by atoms with Crippen LogP contribution in [0.3, 0.4) is 0 Å². The first-order chi connectivity index (χ1) is 13.8. The zero-order valence-electron chi connectivity index (χ0n) is 18.4. The van der Waals surface area contributed by atoms with Crippen molar-refractivity contribution in [3.63, 3.8) is 0 Å². The van der Waals surface area contributed by atoms with Crippen molar-refractivity contribution < 1.29 is 13.6 Å². The molecule has 30 heavy (non-hydrogen) atoms. The second-order valence-corrected chi connectivity index (χ2v) is 14.9. The number of nitrogens with one attached hydrogen (secondary N) is 1. The number of rotatable bonds is 7.